The molecule has 0 fully saturated rings. The maximum absolute atomic E-state index is 12.9. The van der Waals surface area contributed by atoms with Crippen molar-refractivity contribution in [2.24, 2.45) is 0 Å². The molecule has 2 aliphatic rings. The number of nitrogens with one attached hydrogen (secondary N) is 1. The molecule has 3 aromatic rings. The fraction of sp³-hybridized carbons (Fsp3) is 0.375. The van der Waals surface area contributed by atoms with E-state index in [9.17, 15) is 4.79 Å². The Bertz CT molecular complexity index is 1090. The topological polar surface area (TPSA) is 69.0 Å². The number of hydrogen-bond acceptors (Lipinski definition) is 4. The molecular formula is C24H26N4O2. The number of anilines is 1. The van der Waals surface area contributed by atoms with Gasteiger partial charge in [-0.2, -0.15) is 0 Å². The van der Waals surface area contributed by atoms with E-state index >= 15 is 0 Å². The zero-order valence-corrected chi connectivity index (χ0v) is 17.4. The summed E-state index contributed by atoms with van der Waals surface area (Å²) in [5.41, 5.74) is 3.44. The lowest BCUT2D eigenvalue weighted by Crippen LogP contribution is -2.14. The fourth-order valence-electron chi connectivity index (χ4n) is 4.36. The van der Waals surface area contributed by atoms with Gasteiger partial charge in [-0.1, -0.05) is 25.5 Å². The van der Waals surface area contributed by atoms with Gasteiger partial charge in [0.2, 0.25) is 0 Å². The van der Waals surface area contributed by atoms with E-state index in [1.165, 1.54) is 12.8 Å². The molecule has 1 amide bonds. The number of hydrogen-bond donors (Lipinski definition) is 1. The van der Waals surface area contributed by atoms with Crippen molar-refractivity contribution in [2.45, 2.75) is 58.1 Å². The number of aryl methyl sites for hydroxylation is 1. The van der Waals surface area contributed by atoms with Crippen LogP contribution in [0.4, 0.5) is 5.69 Å². The summed E-state index contributed by atoms with van der Waals surface area (Å²) in [5.74, 6) is 2.81. The van der Waals surface area contributed by atoms with Gasteiger partial charge in [0.25, 0.3) is 5.91 Å². The van der Waals surface area contributed by atoms with Gasteiger partial charge in [-0.15, -0.1) is 10.2 Å². The Morgan fingerprint density at radius 2 is 1.90 bits per heavy atom. The summed E-state index contributed by atoms with van der Waals surface area (Å²) in [5, 5.41) is 11.8. The highest BCUT2D eigenvalue weighted by Gasteiger charge is 2.31. The van der Waals surface area contributed by atoms with E-state index in [4.69, 9.17) is 4.74 Å². The zero-order valence-electron chi connectivity index (χ0n) is 17.4. The minimum absolute atomic E-state index is 0.0755. The predicted molar refractivity (Wildman–Crippen MR) is 116 cm³/mol. The Morgan fingerprint density at radius 1 is 1.07 bits per heavy atom. The summed E-state index contributed by atoms with van der Waals surface area (Å²) in [7, 11) is 0. The van der Waals surface area contributed by atoms with E-state index in [1.807, 2.05) is 49.4 Å². The summed E-state index contributed by atoms with van der Waals surface area (Å²) in [4.78, 5) is 12.9. The summed E-state index contributed by atoms with van der Waals surface area (Å²) in [6, 6.07) is 13.6. The van der Waals surface area contributed by atoms with Gasteiger partial charge in [0, 0.05) is 35.7 Å². The smallest absolute Gasteiger partial charge is 0.259 e. The van der Waals surface area contributed by atoms with Gasteiger partial charge in [0.05, 0.1) is 5.56 Å². The second-order valence-electron chi connectivity index (χ2n) is 8.27. The minimum atomic E-state index is -0.155. The normalized spacial score (nSPS) is 20.1. The summed E-state index contributed by atoms with van der Waals surface area (Å²) in [6.45, 7) is 5.13. The van der Waals surface area contributed by atoms with Gasteiger partial charge in [-0.25, -0.2) is 0 Å². The quantitative estimate of drug-likeness (QED) is 0.683. The van der Waals surface area contributed by atoms with Crippen LogP contribution in [0, 0.1) is 0 Å². The van der Waals surface area contributed by atoms with Crippen molar-refractivity contribution < 1.29 is 9.53 Å². The molecule has 0 saturated heterocycles. The molecule has 30 heavy (non-hydrogen) atoms. The fourth-order valence-corrected chi connectivity index (χ4v) is 4.36. The number of nitrogens with zero attached hydrogens (tertiary/aromatic N) is 3. The highest BCUT2D eigenvalue weighted by atomic mass is 16.5. The maximum Gasteiger partial charge on any atom is 0.259 e. The first kappa shape index (κ1) is 18.9. The van der Waals surface area contributed by atoms with Crippen LogP contribution in [0.5, 0.6) is 5.75 Å². The molecule has 5 rings (SSSR count). The van der Waals surface area contributed by atoms with Crippen molar-refractivity contribution in [3.63, 3.8) is 0 Å². The molecule has 1 N–H and O–H groups in total. The molecule has 0 radical (unpaired) electrons. The van der Waals surface area contributed by atoms with E-state index < -0.39 is 0 Å². The second kappa shape index (κ2) is 7.59. The molecule has 0 bridgehead atoms. The Balaban J connectivity index is 1.36. The van der Waals surface area contributed by atoms with E-state index in [0.29, 0.717) is 11.3 Å². The number of fused-ring (bicyclic) bond motifs is 2. The molecule has 2 aliphatic heterocycles. The molecule has 0 aliphatic carbocycles. The van der Waals surface area contributed by atoms with Gasteiger partial charge in [-0.05, 0) is 50.1 Å². The number of ether oxygens (including phenoxy) is 1. The van der Waals surface area contributed by atoms with E-state index in [1.54, 1.807) is 0 Å². The molecule has 154 valence electrons. The maximum atomic E-state index is 12.9. The van der Waals surface area contributed by atoms with Crippen molar-refractivity contribution in [3.05, 3.63) is 59.4 Å². The second-order valence-corrected chi connectivity index (χ2v) is 8.27. The largest absolute Gasteiger partial charge is 0.489 e. The molecular weight excluding hydrogens is 376 g/mol. The number of aromatic nitrogens is 3. The molecule has 1 aromatic heterocycles. The highest BCUT2D eigenvalue weighted by Crippen LogP contribution is 2.40. The summed E-state index contributed by atoms with van der Waals surface area (Å²) < 4.78 is 8.19. The van der Waals surface area contributed by atoms with Gasteiger partial charge >= 0.3 is 0 Å². The van der Waals surface area contributed by atoms with Gasteiger partial charge in [-0.3, -0.25) is 4.79 Å². The van der Waals surface area contributed by atoms with Crippen LogP contribution < -0.4 is 10.1 Å². The van der Waals surface area contributed by atoms with E-state index in [2.05, 4.69) is 27.0 Å². The van der Waals surface area contributed by atoms with Crippen molar-refractivity contribution in [1.82, 2.24) is 14.8 Å². The average molecular weight is 402 g/mol. The Labute approximate surface area is 176 Å². The summed E-state index contributed by atoms with van der Waals surface area (Å²) in [6.07, 6.45) is 4.63. The molecule has 0 saturated carbocycles. The number of carbonyl (C=O) groups is 1. The SMILES string of the molecule is C[C@@H]1Oc2c(C(=O)Nc3ccc(-c4nnc5n4CCCCC5)cc3)cccc2[C@@H]1C. The number of amides is 1. The van der Waals surface area contributed by atoms with Gasteiger partial charge < -0.3 is 14.6 Å². The van der Waals surface area contributed by atoms with E-state index in [0.717, 1.165) is 47.8 Å². The van der Waals surface area contributed by atoms with Crippen molar-refractivity contribution in [2.75, 3.05) is 5.32 Å². The monoisotopic (exact) mass is 402 g/mol. The zero-order chi connectivity index (χ0) is 20.7. The number of carbonyl (C=O) groups excluding carboxylic acids is 1. The molecule has 0 spiro atoms. The number of para-hydroxylation sites is 1. The molecule has 2 atom stereocenters. The Kier molecular flexibility index (Phi) is 4.77. The van der Waals surface area contributed by atoms with Gasteiger partial charge in [0.1, 0.15) is 17.7 Å². The standard InChI is InChI=1S/C24H26N4O2/c1-15-16(2)30-22-19(15)7-6-8-20(22)24(29)25-18-12-10-17(11-13-18)23-27-26-21-9-4-3-5-14-28(21)23/h6-8,10-13,15-16H,3-5,9,14H2,1-2H3,(H,25,29)/t15-,16+/m1/s1. The number of benzene rings is 2. The third-order valence-electron chi connectivity index (χ3n) is 6.30. The van der Waals surface area contributed by atoms with Crippen molar-refractivity contribution in [3.8, 4) is 17.1 Å². The summed E-state index contributed by atoms with van der Waals surface area (Å²) >= 11 is 0. The predicted octanol–water partition coefficient (Wildman–Crippen LogP) is 4.81. The first-order chi connectivity index (χ1) is 14.6. The van der Waals surface area contributed by atoms with Crippen LogP contribution in [0.15, 0.2) is 42.5 Å². The Hall–Kier alpha value is -3.15. The van der Waals surface area contributed by atoms with Crippen LogP contribution >= 0.6 is 0 Å². The third-order valence-corrected chi connectivity index (χ3v) is 6.30. The first-order valence-electron chi connectivity index (χ1n) is 10.8. The van der Waals surface area contributed by atoms with Crippen LogP contribution in [0.1, 0.15) is 60.8 Å². The van der Waals surface area contributed by atoms with Crippen LogP contribution in [0.3, 0.4) is 0 Å². The minimum Gasteiger partial charge on any atom is -0.489 e. The molecule has 3 heterocycles. The van der Waals surface area contributed by atoms with Crippen molar-refractivity contribution >= 4 is 11.6 Å². The first-order valence-corrected chi connectivity index (χ1v) is 10.8. The van der Waals surface area contributed by atoms with Crippen LogP contribution in [-0.4, -0.2) is 26.8 Å². The lowest BCUT2D eigenvalue weighted by atomic mass is 9.97. The van der Waals surface area contributed by atoms with E-state index in [-0.39, 0.29) is 17.9 Å². The van der Waals surface area contributed by atoms with Crippen molar-refractivity contribution in [1.29, 1.82) is 0 Å². The average Bonchev–Trinajstić information content (AvgIpc) is 3.19. The van der Waals surface area contributed by atoms with Crippen LogP contribution in [-0.2, 0) is 13.0 Å². The molecule has 6 heteroatoms. The molecule has 0 unspecified atom stereocenters. The molecule has 6 nitrogen and oxygen atoms in total. The lowest BCUT2D eigenvalue weighted by Gasteiger charge is -2.11. The number of rotatable bonds is 3. The molecule has 2 aromatic carbocycles. The highest BCUT2D eigenvalue weighted by molar-refractivity contribution is 6.06. The van der Waals surface area contributed by atoms with Crippen LogP contribution in [0.25, 0.3) is 11.4 Å². The van der Waals surface area contributed by atoms with Gasteiger partial charge in [0.15, 0.2) is 5.82 Å². The third kappa shape index (κ3) is 3.26. The lowest BCUT2D eigenvalue weighted by molar-refractivity contribution is 0.102. The Morgan fingerprint density at radius 3 is 2.73 bits per heavy atom. The van der Waals surface area contributed by atoms with Crippen LogP contribution in [0.2, 0.25) is 0 Å².